The van der Waals surface area contributed by atoms with Crippen LogP contribution in [0.15, 0.2) is 54.6 Å². The molecule has 1 atom stereocenters. The van der Waals surface area contributed by atoms with Gasteiger partial charge in [-0.3, -0.25) is 19.3 Å². The third-order valence-corrected chi connectivity index (χ3v) is 6.77. The average molecular weight is 526 g/mol. The maximum absolute atomic E-state index is 13.9. The van der Waals surface area contributed by atoms with Crippen LogP contribution in [0.3, 0.4) is 0 Å². The second-order valence-corrected chi connectivity index (χ2v) is 10.8. The van der Waals surface area contributed by atoms with E-state index >= 15 is 0 Å². The zero-order chi connectivity index (χ0) is 26.2. The van der Waals surface area contributed by atoms with Crippen LogP contribution in [0.5, 0.6) is 0 Å². The van der Waals surface area contributed by atoms with Gasteiger partial charge in [-0.1, -0.05) is 60.5 Å². The van der Waals surface area contributed by atoms with Gasteiger partial charge in [0.1, 0.15) is 12.6 Å². The van der Waals surface area contributed by atoms with E-state index in [0.29, 0.717) is 33.3 Å². The third kappa shape index (κ3) is 5.20. The van der Waals surface area contributed by atoms with E-state index in [4.69, 9.17) is 23.2 Å². The predicted octanol–water partition coefficient (Wildman–Crippen LogP) is 5.83. The highest BCUT2D eigenvalue weighted by Gasteiger charge is 2.36. The highest BCUT2D eigenvalue weighted by Crippen LogP contribution is 2.37. The van der Waals surface area contributed by atoms with Crippen LogP contribution in [0.2, 0.25) is 10.0 Å². The van der Waals surface area contributed by atoms with Crippen molar-refractivity contribution in [1.82, 2.24) is 10.2 Å². The molecule has 0 fully saturated rings. The molecule has 0 aromatic heterocycles. The summed E-state index contributed by atoms with van der Waals surface area (Å²) in [7, 11) is 0. The Morgan fingerprint density at radius 2 is 1.75 bits per heavy atom. The molecule has 188 valence electrons. The molecule has 1 heterocycles. The minimum atomic E-state index is -0.751. The topological polar surface area (TPSA) is 69.7 Å². The Labute approximate surface area is 221 Å². The first-order valence-electron chi connectivity index (χ1n) is 11.9. The molecule has 3 amide bonds. The van der Waals surface area contributed by atoms with Crippen LogP contribution in [0.1, 0.15) is 50.0 Å². The number of carbonyl (C=O) groups excluding carboxylic acids is 3. The smallest absolute Gasteiger partial charge is 0.259 e. The van der Waals surface area contributed by atoms with Crippen molar-refractivity contribution in [2.24, 2.45) is 0 Å². The lowest BCUT2D eigenvalue weighted by molar-refractivity contribution is -0.141. The molecule has 6 nitrogen and oxygen atoms in total. The van der Waals surface area contributed by atoms with Crippen LogP contribution in [-0.4, -0.2) is 40.7 Å². The zero-order valence-electron chi connectivity index (χ0n) is 20.8. The summed E-state index contributed by atoms with van der Waals surface area (Å²) in [4.78, 5) is 43.4. The first-order valence-corrected chi connectivity index (χ1v) is 12.6. The summed E-state index contributed by atoms with van der Waals surface area (Å²) >= 11 is 12.5. The molecule has 0 bridgehead atoms. The molecule has 1 N–H and O–H groups in total. The molecular formula is C28H29Cl2N3O3. The highest BCUT2D eigenvalue weighted by atomic mass is 35.5. The van der Waals surface area contributed by atoms with Crippen molar-refractivity contribution < 1.29 is 14.4 Å². The van der Waals surface area contributed by atoms with E-state index in [-0.39, 0.29) is 30.8 Å². The number of rotatable bonds is 7. The van der Waals surface area contributed by atoms with Gasteiger partial charge in [0, 0.05) is 33.1 Å². The summed E-state index contributed by atoms with van der Waals surface area (Å²) in [6.07, 6.45) is 0.391. The van der Waals surface area contributed by atoms with Crippen LogP contribution < -0.4 is 10.2 Å². The minimum Gasteiger partial charge on any atom is -0.350 e. The summed E-state index contributed by atoms with van der Waals surface area (Å²) in [5.74, 6) is -0.844. The van der Waals surface area contributed by atoms with Crippen LogP contribution >= 0.6 is 23.2 Å². The Balaban J connectivity index is 1.68. The van der Waals surface area contributed by atoms with Gasteiger partial charge in [-0.2, -0.15) is 0 Å². The molecule has 36 heavy (non-hydrogen) atoms. The van der Waals surface area contributed by atoms with E-state index < -0.39 is 11.6 Å². The SMILES string of the molecule is CC[C@H](C(=O)NC(C)(C)C)N(Cc1ccc(Cl)cc1Cl)C(=O)CN1C(=O)c2cccc3cccc1c23. The Morgan fingerprint density at radius 1 is 1.06 bits per heavy atom. The summed E-state index contributed by atoms with van der Waals surface area (Å²) in [6, 6.07) is 15.5. The number of hydrogen-bond acceptors (Lipinski definition) is 3. The van der Waals surface area contributed by atoms with Crippen LogP contribution in [0.25, 0.3) is 10.8 Å². The molecule has 0 radical (unpaired) electrons. The van der Waals surface area contributed by atoms with Gasteiger partial charge in [0.15, 0.2) is 0 Å². The molecule has 0 spiro atoms. The average Bonchev–Trinajstić information content (AvgIpc) is 3.07. The Bertz CT molecular complexity index is 1340. The van der Waals surface area contributed by atoms with E-state index in [1.165, 1.54) is 9.80 Å². The molecule has 8 heteroatoms. The molecule has 0 saturated heterocycles. The highest BCUT2D eigenvalue weighted by molar-refractivity contribution is 6.35. The molecule has 4 rings (SSSR count). The molecular weight excluding hydrogens is 497 g/mol. The van der Waals surface area contributed by atoms with E-state index in [1.807, 2.05) is 58.0 Å². The zero-order valence-corrected chi connectivity index (χ0v) is 22.3. The lowest BCUT2D eigenvalue weighted by Crippen LogP contribution is -2.55. The fraction of sp³-hybridized carbons (Fsp3) is 0.321. The number of anilines is 1. The van der Waals surface area contributed by atoms with Crippen molar-refractivity contribution >= 4 is 57.4 Å². The first-order chi connectivity index (χ1) is 17.0. The van der Waals surface area contributed by atoms with E-state index in [0.717, 1.165) is 10.8 Å². The Morgan fingerprint density at radius 3 is 2.39 bits per heavy atom. The molecule has 0 saturated carbocycles. The second-order valence-electron chi connectivity index (χ2n) is 9.99. The summed E-state index contributed by atoms with van der Waals surface area (Å²) in [5.41, 5.74) is 1.45. The van der Waals surface area contributed by atoms with Crippen LogP contribution in [-0.2, 0) is 16.1 Å². The Hall–Kier alpha value is -3.09. The maximum Gasteiger partial charge on any atom is 0.259 e. The predicted molar refractivity (Wildman–Crippen MR) is 145 cm³/mol. The van der Waals surface area contributed by atoms with Crippen molar-refractivity contribution in [3.63, 3.8) is 0 Å². The fourth-order valence-electron chi connectivity index (χ4n) is 4.57. The first kappa shape index (κ1) is 26.0. The van der Waals surface area contributed by atoms with Gasteiger partial charge >= 0.3 is 0 Å². The van der Waals surface area contributed by atoms with Gasteiger partial charge in [0.25, 0.3) is 5.91 Å². The number of benzene rings is 3. The van der Waals surface area contributed by atoms with Gasteiger partial charge in [-0.25, -0.2) is 0 Å². The fourth-order valence-corrected chi connectivity index (χ4v) is 5.04. The number of nitrogens with zero attached hydrogens (tertiary/aromatic N) is 2. The van der Waals surface area contributed by atoms with Crippen molar-refractivity contribution in [3.8, 4) is 0 Å². The van der Waals surface area contributed by atoms with Crippen molar-refractivity contribution in [2.45, 2.75) is 52.2 Å². The minimum absolute atomic E-state index is 0.101. The Kier molecular flexibility index (Phi) is 7.30. The van der Waals surface area contributed by atoms with Gasteiger partial charge in [-0.05, 0) is 62.4 Å². The number of halogens is 2. The molecule has 3 aromatic rings. The van der Waals surface area contributed by atoms with E-state index in [9.17, 15) is 14.4 Å². The number of hydrogen-bond donors (Lipinski definition) is 1. The van der Waals surface area contributed by atoms with Gasteiger partial charge in [0.05, 0.1) is 5.69 Å². The molecule has 3 aromatic carbocycles. The molecule has 1 aliphatic rings. The lowest BCUT2D eigenvalue weighted by atomic mass is 10.1. The summed E-state index contributed by atoms with van der Waals surface area (Å²) < 4.78 is 0. The normalized spacial score (nSPS) is 13.7. The molecule has 0 aliphatic carbocycles. The largest absolute Gasteiger partial charge is 0.350 e. The van der Waals surface area contributed by atoms with E-state index in [2.05, 4.69) is 5.32 Å². The second kappa shape index (κ2) is 10.1. The molecule has 0 unspecified atom stereocenters. The maximum atomic E-state index is 13.9. The quantitative estimate of drug-likeness (QED) is 0.421. The van der Waals surface area contributed by atoms with Gasteiger partial charge < -0.3 is 10.2 Å². The lowest BCUT2D eigenvalue weighted by Gasteiger charge is -2.34. The van der Waals surface area contributed by atoms with E-state index in [1.54, 1.807) is 24.3 Å². The van der Waals surface area contributed by atoms with Gasteiger partial charge in [-0.15, -0.1) is 0 Å². The van der Waals surface area contributed by atoms with Crippen LogP contribution in [0, 0.1) is 0 Å². The van der Waals surface area contributed by atoms with Gasteiger partial charge in [0.2, 0.25) is 11.8 Å². The number of amides is 3. The summed E-state index contributed by atoms with van der Waals surface area (Å²) in [6.45, 7) is 7.43. The molecule has 1 aliphatic heterocycles. The monoisotopic (exact) mass is 525 g/mol. The standard InChI is InChI=1S/C28H29Cl2N3O3/c1-5-22(26(35)31-28(2,3)4)32(15-18-12-13-19(29)14-21(18)30)24(34)16-33-23-11-7-9-17-8-6-10-20(25(17)23)27(33)36/h6-14,22H,5,15-16H2,1-4H3,(H,31,35)/t22-/m1/s1. The van der Waals surface area contributed by atoms with Crippen molar-refractivity contribution in [3.05, 3.63) is 75.8 Å². The summed E-state index contributed by atoms with van der Waals surface area (Å²) in [5, 5.41) is 5.64. The number of nitrogens with one attached hydrogen (secondary N) is 1. The van der Waals surface area contributed by atoms with Crippen molar-refractivity contribution in [2.75, 3.05) is 11.4 Å². The third-order valence-electron chi connectivity index (χ3n) is 6.18. The number of carbonyl (C=O) groups is 3. The van der Waals surface area contributed by atoms with Crippen LogP contribution in [0.4, 0.5) is 5.69 Å². The van der Waals surface area contributed by atoms with Crippen molar-refractivity contribution in [1.29, 1.82) is 0 Å².